The number of nitrogens with zero attached hydrogens (tertiary/aromatic N) is 1. The van der Waals surface area contributed by atoms with Crippen molar-refractivity contribution in [2.75, 3.05) is 18.8 Å². The highest BCUT2D eigenvalue weighted by Crippen LogP contribution is 2.29. The summed E-state index contributed by atoms with van der Waals surface area (Å²) in [6.07, 6.45) is 4.79. The number of piperidine rings is 1. The summed E-state index contributed by atoms with van der Waals surface area (Å²) in [4.78, 5) is 14.8. The fourth-order valence-electron chi connectivity index (χ4n) is 2.85. The molecular formula is C15H22BrCl2N3O. The van der Waals surface area contributed by atoms with E-state index in [1.165, 1.54) is 12.8 Å². The van der Waals surface area contributed by atoms with Crippen LogP contribution in [0.15, 0.2) is 22.7 Å². The topological polar surface area (TPSA) is 58.4 Å². The van der Waals surface area contributed by atoms with Crippen molar-refractivity contribution in [3.63, 3.8) is 0 Å². The molecule has 0 atom stereocenters. The quantitative estimate of drug-likeness (QED) is 0.752. The molecule has 0 unspecified atom stereocenters. The number of nitrogens with one attached hydrogen (secondary N) is 1. The average Bonchev–Trinajstić information content (AvgIpc) is 3.23. The van der Waals surface area contributed by atoms with Gasteiger partial charge in [-0.05, 0) is 43.9 Å². The first-order valence-corrected chi connectivity index (χ1v) is 8.03. The van der Waals surface area contributed by atoms with Crippen LogP contribution < -0.4 is 11.1 Å². The van der Waals surface area contributed by atoms with E-state index in [-0.39, 0.29) is 36.8 Å². The highest BCUT2D eigenvalue weighted by atomic mass is 79.9. The Morgan fingerprint density at radius 1 is 1.18 bits per heavy atom. The molecule has 4 nitrogen and oxygen atoms in total. The zero-order valence-electron chi connectivity index (χ0n) is 12.3. The lowest BCUT2D eigenvalue weighted by atomic mass is 10.0. The summed E-state index contributed by atoms with van der Waals surface area (Å²) in [5.41, 5.74) is 6.99. The van der Waals surface area contributed by atoms with Crippen molar-refractivity contribution in [2.45, 2.75) is 37.8 Å². The Labute approximate surface area is 152 Å². The summed E-state index contributed by atoms with van der Waals surface area (Å²) in [6, 6.07) is 6.49. The minimum Gasteiger partial charge on any atom is -0.398 e. The van der Waals surface area contributed by atoms with Crippen LogP contribution in [0.5, 0.6) is 0 Å². The molecule has 124 valence electrons. The molecule has 22 heavy (non-hydrogen) atoms. The van der Waals surface area contributed by atoms with Gasteiger partial charge in [-0.1, -0.05) is 15.9 Å². The monoisotopic (exact) mass is 409 g/mol. The van der Waals surface area contributed by atoms with Crippen LogP contribution in [-0.4, -0.2) is 36.0 Å². The van der Waals surface area contributed by atoms with Crippen LogP contribution in [0.1, 0.15) is 36.0 Å². The van der Waals surface area contributed by atoms with Crippen molar-refractivity contribution in [2.24, 2.45) is 0 Å². The number of anilines is 1. The van der Waals surface area contributed by atoms with E-state index in [0.29, 0.717) is 11.3 Å². The summed E-state index contributed by atoms with van der Waals surface area (Å²) in [7, 11) is 0. The molecule has 1 aromatic rings. The van der Waals surface area contributed by atoms with Crippen LogP contribution >= 0.6 is 40.7 Å². The molecule has 7 heteroatoms. The maximum Gasteiger partial charge on any atom is 0.253 e. The minimum absolute atomic E-state index is 0. The second-order valence-corrected chi connectivity index (χ2v) is 6.66. The average molecular weight is 411 g/mol. The predicted octanol–water partition coefficient (Wildman–Crippen LogP) is 3.23. The summed E-state index contributed by atoms with van der Waals surface area (Å²) < 4.78 is 0.893. The molecule has 2 aliphatic rings. The number of carbonyl (C=O) groups is 1. The second kappa shape index (κ2) is 8.39. The number of hydrogen-bond donors (Lipinski definition) is 2. The normalized spacial score (nSPS) is 19.0. The van der Waals surface area contributed by atoms with Crippen molar-refractivity contribution in [1.82, 2.24) is 10.2 Å². The predicted molar refractivity (Wildman–Crippen MR) is 98.1 cm³/mol. The molecule has 3 N–H and O–H groups in total. The van der Waals surface area contributed by atoms with Crippen LogP contribution in [0.2, 0.25) is 0 Å². The van der Waals surface area contributed by atoms with Crippen LogP contribution in [0.25, 0.3) is 0 Å². The zero-order valence-corrected chi connectivity index (χ0v) is 15.5. The van der Waals surface area contributed by atoms with E-state index in [2.05, 4.69) is 26.1 Å². The third-order valence-corrected chi connectivity index (χ3v) is 4.68. The molecule has 0 aromatic heterocycles. The van der Waals surface area contributed by atoms with Gasteiger partial charge in [-0.15, -0.1) is 24.8 Å². The maximum absolute atomic E-state index is 12.3. The third kappa shape index (κ3) is 4.75. The molecule has 0 radical (unpaired) electrons. The van der Waals surface area contributed by atoms with Gasteiger partial charge < -0.3 is 16.0 Å². The van der Waals surface area contributed by atoms with Gasteiger partial charge in [-0.3, -0.25) is 4.79 Å². The van der Waals surface area contributed by atoms with Crippen molar-refractivity contribution in [1.29, 1.82) is 0 Å². The van der Waals surface area contributed by atoms with E-state index in [4.69, 9.17) is 5.73 Å². The van der Waals surface area contributed by atoms with Crippen LogP contribution in [0, 0.1) is 0 Å². The van der Waals surface area contributed by atoms with Crippen molar-refractivity contribution >= 4 is 52.3 Å². The molecule has 1 aliphatic heterocycles. The largest absolute Gasteiger partial charge is 0.398 e. The highest BCUT2D eigenvalue weighted by Gasteiger charge is 2.32. The van der Waals surface area contributed by atoms with Crippen LogP contribution in [0.4, 0.5) is 5.69 Å². The molecule has 0 bridgehead atoms. The van der Waals surface area contributed by atoms with Gasteiger partial charge in [0.05, 0.1) is 5.56 Å². The number of benzene rings is 1. The lowest BCUT2D eigenvalue weighted by Gasteiger charge is -2.32. The molecule has 1 aliphatic carbocycles. The Kier molecular flexibility index (Phi) is 7.46. The Balaban J connectivity index is 0.00000121. The Bertz CT molecular complexity index is 518. The molecular weight excluding hydrogens is 389 g/mol. The van der Waals surface area contributed by atoms with E-state index in [9.17, 15) is 4.79 Å². The first-order valence-electron chi connectivity index (χ1n) is 7.23. The molecule has 1 amide bonds. The van der Waals surface area contributed by atoms with Gasteiger partial charge >= 0.3 is 0 Å². The maximum atomic E-state index is 12.3. The number of likely N-dealkylation sites (tertiary alicyclic amines) is 1. The van der Waals surface area contributed by atoms with E-state index >= 15 is 0 Å². The molecule has 3 rings (SSSR count). The fourth-order valence-corrected chi connectivity index (χ4v) is 3.23. The Morgan fingerprint density at radius 2 is 1.82 bits per heavy atom. The standard InChI is InChI=1S/C15H20BrN3O.2ClH/c16-10-1-4-13(14(17)9-10)15(20)18-11-5-7-19(8-6-11)12-2-3-12;;/h1,4,9,11-12H,2-3,5-8,17H2,(H,18,20);2*1H. The van der Waals surface area contributed by atoms with Crippen molar-refractivity contribution < 1.29 is 4.79 Å². The molecule has 1 aromatic carbocycles. The van der Waals surface area contributed by atoms with Crippen molar-refractivity contribution in [3.8, 4) is 0 Å². The van der Waals surface area contributed by atoms with E-state index in [1.54, 1.807) is 12.1 Å². The molecule has 1 saturated carbocycles. The number of rotatable bonds is 3. The van der Waals surface area contributed by atoms with Gasteiger partial charge in [0.15, 0.2) is 0 Å². The summed E-state index contributed by atoms with van der Waals surface area (Å²) in [6.45, 7) is 2.21. The lowest BCUT2D eigenvalue weighted by Crippen LogP contribution is -2.45. The first kappa shape index (κ1) is 19.6. The summed E-state index contributed by atoms with van der Waals surface area (Å²) >= 11 is 3.35. The Hall–Kier alpha value is -0.490. The first-order chi connectivity index (χ1) is 9.63. The van der Waals surface area contributed by atoms with E-state index in [1.807, 2.05) is 6.07 Å². The van der Waals surface area contributed by atoms with E-state index < -0.39 is 0 Å². The highest BCUT2D eigenvalue weighted by molar-refractivity contribution is 9.10. The van der Waals surface area contributed by atoms with Gasteiger partial charge in [-0.2, -0.15) is 0 Å². The molecule has 2 fully saturated rings. The summed E-state index contributed by atoms with van der Waals surface area (Å²) in [5.74, 6) is -0.0557. The molecule has 1 saturated heterocycles. The lowest BCUT2D eigenvalue weighted by molar-refractivity contribution is 0.0910. The third-order valence-electron chi connectivity index (χ3n) is 4.19. The number of nitrogens with two attached hydrogens (primary N) is 1. The number of halogens is 3. The fraction of sp³-hybridized carbons (Fsp3) is 0.533. The minimum atomic E-state index is -0.0557. The second-order valence-electron chi connectivity index (χ2n) is 5.75. The van der Waals surface area contributed by atoms with Gasteiger partial charge in [0.1, 0.15) is 0 Å². The zero-order chi connectivity index (χ0) is 14.1. The summed E-state index contributed by atoms with van der Waals surface area (Å²) in [5, 5.41) is 3.11. The number of amides is 1. The Morgan fingerprint density at radius 3 is 2.36 bits per heavy atom. The van der Waals surface area contributed by atoms with Crippen molar-refractivity contribution in [3.05, 3.63) is 28.2 Å². The number of hydrogen-bond acceptors (Lipinski definition) is 3. The van der Waals surface area contributed by atoms with Gasteiger partial charge in [0, 0.05) is 35.3 Å². The van der Waals surface area contributed by atoms with Crippen LogP contribution in [-0.2, 0) is 0 Å². The van der Waals surface area contributed by atoms with Crippen LogP contribution in [0.3, 0.4) is 0 Å². The van der Waals surface area contributed by atoms with Gasteiger partial charge in [-0.25, -0.2) is 0 Å². The van der Waals surface area contributed by atoms with Gasteiger partial charge in [0.25, 0.3) is 5.91 Å². The smallest absolute Gasteiger partial charge is 0.253 e. The molecule has 0 spiro atoms. The SMILES string of the molecule is Cl.Cl.Nc1cc(Br)ccc1C(=O)NC1CCN(C2CC2)CC1. The molecule has 1 heterocycles. The van der Waals surface area contributed by atoms with E-state index in [0.717, 1.165) is 36.4 Å². The number of nitrogen functional groups attached to an aromatic ring is 1. The van der Waals surface area contributed by atoms with Gasteiger partial charge in [0.2, 0.25) is 0 Å². The number of carbonyl (C=O) groups excluding carboxylic acids is 1.